The van der Waals surface area contributed by atoms with Gasteiger partial charge in [0.15, 0.2) is 0 Å². The maximum Gasteiger partial charge on any atom is 0.416 e. The van der Waals surface area contributed by atoms with Crippen molar-refractivity contribution in [1.29, 1.82) is 0 Å². The van der Waals surface area contributed by atoms with E-state index in [4.69, 9.17) is 22.5 Å². The Morgan fingerprint density at radius 3 is 2.36 bits per heavy atom. The van der Waals surface area contributed by atoms with Crippen LogP contribution in [-0.2, 0) is 32.0 Å². The van der Waals surface area contributed by atoms with E-state index in [0.717, 1.165) is 23.9 Å². The highest BCUT2D eigenvalue weighted by molar-refractivity contribution is 7.99. The molecule has 13 nitrogen and oxygen atoms in total. The van der Waals surface area contributed by atoms with E-state index < -0.39 is 37.7 Å². The number of benzene rings is 3. The predicted octanol–water partition coefficient (Wildman–Crippen LogP) is 3.85. The fourth-order valence-electron chi connectivity index (χ4n) is 3.44. The van der Waals surface area contributed by atoms with Gasteiger partial charge in [0, 0.05) is 16.3 Å². The molecular formula is C24H21ClF3N9O4S3. The van der Waals surface area contributed by atoms with Crippen LogP contribution in [0.1, 0.15) is 11.1 Å². The number of alkyl halides is 3. The second-order valence-electron chi connectivity index (χ2n) is 8.58. The Kier molecular flexibility index (Phi) is 9.84. The molecular weight excluding hydrogens is 667 g/mol. The molecule has 0 atom stereocenters. The summed E-state index contributed by atoms with van der Waals surface area (Å²) in [4.78, 5) is 11.6. The third kappa shape index (κ3) is 8.92. The highest BCUT2D eigenvalue weighted by Gasteiger charge is 2.30. The Labute approximate surface area is 258 Å². The van der Waals surface area contributed by atoms with Crippen LogP contribution in [0.2, 0.25) is 5.28 Å². The highest BCUT2D eigenvalue weighted by Crippen LogP contribution is 2.33. The summed E-state index contributed by atoms with van der Waals surface area (Å²) in [6.07, 6.45) is -4.51. The second kappa shape index (κ2) is 13.2. The monoisotopic (exact) mass is 687 g/mol. The smallest absolute Gasteiger partial charge is 0.368 e. The normalized spacial score (nSPS) is 12.5. The van der Waals surface area contributed by atoms with Gasteiger partial charge < -0.3 is 11.1 Å². The molecule has 4 aromatic rings. The van der Waals surface area contributed by atoms with Crippen LogP contribution >= 0.6 is 23.4 Å². The number of primary sulfonamides is 1. The number of rotatable bonds is 10. The third-order valence-corrected chi connectivity index (χ3v) is 9.03. The topological polar surface area (TPSA) is 207 Å². The van der Waals surface area contributed by atoms with Crippen LogP contribution in [0.3, 0.4) is 0 Å². The van der Waals surface area contributed by atoms with E-state index in [0.29, 0.717) is 5.56 Å². The van der Waals surface area contributed by atoms with Crippen LogP contribution in [-0.4, -0.2) is 37.7 Å². The molecule has 44 heavy (non-hydrogen) atoms. The summed E-state index contributed by atoms with van der Waals surface area (Å²) in [6.45, 7) is 0. The van der Waals surface area contributed by atoms with Crippen LogP contribution in [0.15, 0.2) is 91.9 Å². The maximum absolute atomic E-state index is 13.1. The standard InChI is InChI=1S/C24H21ClF3N9O4S3/c25-20-32-22(31-16-7-4-8-17(12-16)43(30,38)39)34-23(33-20)36-35-21(29)37-44(40,41)19-10-2-1-9-18(19)42-13-14-5-3-6-15(11-14)24(26,27)28/h1-12H,13H2,(H3,29,35,37)(H2,30,38,39)(H2,31,32,33,34,36). The molecule has 0 radical (unpaired) electrons. The summed E-state index contributed by atoms with van der Waals surface area (Å²) in [7, 11) is -8.36. The van der Waals surface area contributed by atoms with Crippen LogP contribution in [0.5, 0.6) is 0 Å². The molecule has 232 valence electrons. The summed E-state index contributed by atoms with van der Waals surface area (Å²) < 4.78 is 92.0. The Hall–Kier alpha value is -4.17. The number of guanidine groups is 1. The molecule has 0 unspecified atom stereocenters. The molecule has 0 aliphatic heterocycles. The van der Waals surface area contributed by atoms with Crippen molar-refractivity contribution in [2.75, 3.05) is 10.7 Å². The van der Waals surface area contributed by atoms with Crippen molar-refractivity contribution in [3.8, 4) is 0 Å². The number of nitrogens with one attached hydrogen (secondary N) is 3. The van der Waals surface area contributed by atoms with Crippen molar-refractivity contribution in [2.24, 2.45) is 15.3 Å². The zero-order chi connectivity index (χ0) is 32.1. The van der Waals surface area contributed by atoms with E-state index in [9.17, 15) is 30.0 Å². The molecule has 0 saturated carbocycles. The first-order valence-electron chi connectivity index (χ1n) is 11.9. The van der Waals surface area contributed by atoms with Crippen LogP contribution < -0.4 is 27.0 Å². The Morgan fingerprint density at radius 2 is 1.64 bits per heavy atom. The quantitative estimate of drug-likeness (QED) is 0.0697. The first kappa shape index (κ1) is 32.7. The molecule has 0 bridgehead atoms. The van der Waals surface area contributed by atoms with Gasteiger partial charge in [-0.1, -0.05) is 36.4 Å². The van der Waals surface area contributed by atoms with Gasteiger partial charge in [-0.15, -0.1) is 16.2 Å². The minimum absolute atomic E-state index is 0.0539. The fourth-order valence-corrected chi connectivity index (χ4v) is 6.52. The van der Waals surface area contributed by atoms with Gasteiger partial charge in [-0.05, 0) is 53.6 Å². The molecule has 0 saturated heterocycles. The molecule has 0 amide bonds. The lowest BCUT2D eigenvalue weighted by Crippen LogP contribution is -2.37. The summed E-state index contributed by atoms with van der Waals surface area (Å²) in [6, 6.07) is 16.0. The molecule has 0 aliphatic carbocycles. The molecule has 20 heteroatoms. The highest BCUT2D eigenvalue weighted by atomic mass is 35.5. The molecule has 0 fully saturated rings. The lowest BCUT2D eigenvalue weighted by atomic mass is 10.1. The number of nitrogens with two attached hydrogens (primary N) is 2. The van der Waals surface area contributed by atoms with Crippen molar-refractivity contribution in [3.05, 3.63) is 89.2 Å². The number of anilines is 3. The molecule has 1 aromatic heterocycles. The molecule has 4 rings (SSSR count). The van der Waals surface area contributed by atoms with E-state index in [-0.39, 0.29) is 43.3 Å². The van der Waals surface area contributed by atoms with Gasteiger partial charge in [0.25, 0.3) is 10.0 Å². The van der Waals surface area contributed by atoms with Crippen LogP contribution in [0, 0.1) is 0 Å². The van der Waals surface area contributed by atoms with Crippen molar-refractivity contribution < 1.29 is 30.0 Å². The molecule has 0 aliphatic rings. The first-order chi connectivity index (χ1) is 20.6. The largest absolute Gasteiger partial charge is 0.416 e. The first-order valence-corrected chi connectivity index (χ1v) is 16.3. The lowest BCUT2D eigenvalue weighted by molar-refractivity contribution is -0.137. The van der Waals surface area contributed by atoms with Gasteiger partial charge in [0.2, 0.25) is 33.2 Å². The molecule has 3 aromatic carbocycles. The number of hydrazine groups is 1. The number of aromatic nitrogens is 3. The summed E-state index contributed by atoms with van der Waals surface area (Å²) in [5.41, 5.74) is 10.3. The van der Waals surface area contributed by atoms with E-state index in [1.807, 2.05) is 0 Å². The van der Waals surface area contributed by atoms with Gasteiger partial charge in [-0.3, -0.25) is 10.9 Å². The van der Waals surface area contributed by atoms with Gasteiger partial charge in [0.05, 0.1) is 10.5 Å². The zero-order valence-corrected chi connectivity index (χ0v) is 25.2. The number of hydrogen-bond acceptors (Lipinski definition) is 10. The second-order valence-corrected chi connectivity index (χ2v) is 13.1. The average molecular weight is 688 g/mol. The van der Waals surface area contributed by atoms with E-state index >= 15 is 0 Å². The van der Waals surface area contributed by atoms with Gasteiger partial charge in [0.1, 0.15) is 4.90 Å². The van der Waals surface area contributed by atoms with Crippen molar-refractivity contribution in [2.45, 2.75) is 26.6 Å². The predicted molar refractivity (Wildman–Crippen MR) is 159 cm³/mol. The SMILES string of the molecule is NC(=NS(=O)(=O)c1ccccc1SCc1cccc(C(F)(F)F)c1)NNc1nc(Cl)nc(Nc2cccc(S(N)(=O)=O)c2)n1. The minimum Gasteiger partial charge on any atom is -0.368 e. The van der Waals surface area contributed by atoms with E-state index in [1.165, 1.54) is 54.6 Å². The van der Waals surface area contributed by atoms with E-state index in [1.54, 1.807) is 6.07 Å². The fraction of sp³-hybridized carbons (Fsp3) is 0.0833. The van der Waals surface area contributed by atoms with Gasteiger partial charge in [-0.2, -0.15) is 36.5 Å². The van der Waals surface area contributed by atoms with Crippen LogP contribution in [0.4, 0.5) is 30.8 Å². The summed E-state index contributed by atoms with van der Waals surface area (Å²) in [5, 5.41) is 7.59. The van der Waals surface area contributed by atoms with Crippen molar-refractivity contribution in [1.82, 2.24) is 20.4 Å². The number of sulfonamides is 2. The number of thioether (sulfide) groups is 1. The lowest BCUT2D eigenvalue weighted by Gasteiger charge is -2.11. The Morgan fingerprint density at radius 1 is 0.932 bits per heavy atom. The van der Waals surface area contributed by atoms with Crippen molar-refractivity contribution >= 4 is 67.0 Å². The maximum atomic E-state index is 13.1. The van der Waals surface area contributed by atoms with Gasteiger partial charge >= 0.3 is 6.18 Å². The summed E-state index contributed by atoms with van der Waals surface area (Å²) >= 11 is 6.95. The number of halogens is 4. The zero-order valence-electron chi connectivity index (χ0n) is 21.9. The summed E-state index contributed by atoms with van der Waals surface area (Å²) in [5.74, 6) is -0.897. The molecule has 0 spiro atoms. The third-order valence-electron chi connectivity index (χ3n) is 5.32. The molecule has 1 heterocycles. The molecule has 7 N–H and O–H groups in total. The van der Waals surface area contributed by atoms with E-state index in [2.05, 4.69) is 35.5 Å². The van der Waals surface area contributed by atoms with Gasteiger partial charge in [-0.25, -0.2) is 13.6 Å². The number of hydrogen-bond donors (Lipinski definition) is 5. The minimum atomic E-state index is -4.51. The van der Waals surface area contributed by atoms with Crippen LogP contribution in [0.25, 0.3) is 0 Å². The Balaban J connectivity index is 1.46. The number of nitrogens with zero attached hydrogens (tertiary/aromatic N) is 4. The van der Waals surface area contributed by atoms with Crippen molar-refractivity contribution in [3.63, 3.8) is 0 Å². The average Bonchev–Trinajstić information content (AvgIpc) is 2.94. The Bertz CT molecular complexity index is 1930.